The van der Waals surface area contributed by atoms with E-state index < -0.39 is 0 Å². The van der Waals surface area contributed by atoms with Gasteiger partial charge < -0.3 is 9.40 Å². The summed E-state index contributed by atoms with van der Waals surface area (Å²) in [6, 6.07) is 0. The van der Waals surface area contributed by atoms with Crippen LogP contribution in [0.3, 0.4) is 0 Å². The number of hydrogen-bond donors (Lipinski definition) is 1. The average molecular weight is 397 g/mol. The van der Waals surface area contributed by atoms with Gasteiger partial charge in [-0.2, -0.15) is 0 Å². The van der Waals surface area contributed by atoms with Crippen LogP contribution in [0.2, 0.25) is 0 Å². The first-order chi connectivity index (χ1) is 12.7. The van der Waals surface area contributed by atoms with Crippen LogP contribution in [0.1, 0.15) is 62.3 Å². The Kier molecular flexibility index (Phi) is 29.0. The Hall–Kier alpha value is -1.95. The number of imidazole rings is 1. The van der Waals surface area contributed by atoms with Crippen molar-refractivity contribution in [2.24, 2.45) is 17.8 Å². The third-order valence-electron chi connectivity index (χ3n) is 1.10. The normalized spacial score (nSPS) is 8.44. The minimum atomic E-state index is 0.833. The SMILES string of the molecule is CC(C)C.CC(C)C.CC(C)C.c1c[nH]cn1.c1cocn1.c1cscn1. The second-order valence-electron chi connectivity index (χ2n) is 7.31. The predicted molar refractivity (Wildman–Crippen MR) is 119 cm³/mol. The quantitative estimate of drug-likeness (QED) is 0.435. The fourth-order valence-electron chi connectivity index (χ4n) is 0.567. The Morgan fingerprint density at radius 2 is 1.30 bits per heavy atom. The lowest BCUT2D eigenvalue weighted by Gasteiger charge is -1.79. The molecule has 0 aliphatic carbocycles. The molecule has 0 saturated heterocycles. The van der Waals surface area contributed by atoms with Gasteiger partial charge in [0.2, 0.25) is 0 Å². The van der Waals surface area contributed by atoms with Gasteiger partial charge in [-0.15, -0.1) is 11.3 Å². The van der Waals surface area contributed by atoms with E-state index in [4.69, 9.17) is 0 Å². The van der Waals surface area contributed by atoms with Gasteiger partial charge in [0, 0.05) is 24.0 Å². The Balaban J connectivity index is -0.000000258. The molecule has 3 rings (SSSR count). The van der Waals surface area contributed by atoms with Crippen molar-refractivity contribution in [3.63, 3.8) is 0 Å². The highest BCUT2D eigenvalue weighted by Crippen LogP contribution is 1.86. The van der Waals surface area contributed by atoms with Crippen molar-refractivity contribution >= 4 is 11.3 Å². The molecular weight excluding hydrogens is 356 g/mol. The van der Waals surface area contributed by atoms with Crippen molar-refractivity contribution in [3.8, 4) is 0 Å². The zero-order valence-electron chi connectivity index (χ0n) is 18.6. The molecule has 0 radical (unpaired) electrons. The lowest BCUT2D eigenvalue weighted by molar-refractivity contribution is 0.558. The number of thiazole rings is 1. The number of hydrogen-bond acceptors (Lipinski definition) is 5. The fraction of sp³-hybridized carbons (Fsp3) is 0.571. The molecule has 0 spiro atoms. The van der Waals surface area contributed by atoms with Crippen molar-refractivity contribution in [3.05, 3.63) is 54.7 Å². The molecule has 0 unspecified atom stereocenters. The summed E-state index contributed by atoms with van der Waals surface area (Å²) in [5.74, 6) is 2.50. The molecule has 3 aromatic heterocycles. The van der Waals surface area contributed by atoms with Crippen LogP contribution >= 0.6 is 11.3 Å². The molecule has 1 N–H and O–H groups in total. The summed E-state index contributed by atoms with van der Waals surface area (Å²) in [7, 11) is 0. The van der Waals surface area contributed by atoms with E-state index in [9.17, 15) is 0 Å². The molecular formula is C21H40N4OS. The van der Waals surface area contributed by atoms with Crippen LogP contribution < -0.4 is 0 Å². The maximum absolute atomic E-state index is 4.47. The maximum Gasteiger partial charge on any atom is 0.180 e. The van der Waals surface area contributed by atoms with E-state index in [0.29, 0.717) is 0 Å². The highest BCUT2D eigenvalue weighted by atomic mass is 32.1. The van der Waals surface area contributed by atoms with Crippen molar-refractivity contribution in [2.45, 2.75) is 62.3 Å². The Morgan fingerprint density at radius 3 is 1.41 bits per heavy atom. The first-order valence-corrected chi connectivity index (χ1v) is 10.2. The third kappa shape index (κ3) is 68.7. The number of nitrogens with one attached hydrogen (secondary N) is 1. The summed E-state index contributed by atoms with van der Waals surface area (Å²) in [4.78, 5) is 13.7. The van der Waals surface area contributed by atoms with Crippen LogP contribution in [0.4, 0.5) is 0 Å². The molecule has 6 heteroatoms. The van der Waals surface area contributed by atoms with Crippen LogP contribution in [0.25, 0.3) is 0 Å². The van der Waals surface area contributed by atoms with E-state index in [2.05, 4.69) is 86.7 Å². The van der Waals surface area contributed by atoms with E-state index in [0.717, 1.165) is 17.8 Å². The first kappa shape index (κ1) is 29.8. The van der Waals surface area contributed by atoms with Crippen molar-refractivity contribution in [1.82, 2.24) is 19.9 Å². The average Bonchev–Trinajstić information content (AvgIpc) is 3.31. The topological polar surface area (TPSA) is 67.6 Å². The fourth-order valence-corrected chi connectivity index (χ4v) is 0.918. The minimum absolute atomic E-state index is 0.833. The molecule has 0 fully saturated rings. The minimum Gasteiger partial charge on any atom is -0.452 e. The molecule has 0 saturated carbocycles. The van der Waals surface area contributed by atoms with Gasteiger partial charge in [-0.3, -0.25) is 4.98 Å². The zero-order valence-corrected chi connectivity index (χ0v) is 19.4. The van der Waals surface area contributed by atoms with Gasteiger partial charge in [-0.1, -0.05) is 62.3 Å². The molecule has 0 aromatic carbocycles. The van der Waals surface area contributed by atoms with Crippen LogP contribution in [-0.2, 0) is 0 Å². The number of aromatic nitrogens is 4. The monoisotopic (exact) mass is 396 g/mol. The van der Waals surface area contributed by atoms with Gasteiger partial charge in [-0.25, -0.2) is 9.97 Å². The van der Waals surface area contributed by atoms with E-state index in [1.807, 2.05) is 5.38 Å². The number of oxazole rings is 1. The van der Waals surface area contributed by atoms with Crippen molar-refractivity contribution < 1.29 is 4.42 Å². The molecule has 27 heavy (non-hydrogen) atoms. The van der Waals surface area contributed by atoms with Gasteiger partial charge >= 0.3 is 0 Å². The molecule has 0 aliphatic heterocycles. The standard InChI is InChI=1S/3C4H10.C3H4N2.C3H3NO.C3H3NS/c3*1-4(2)3;3*1-2-5-3-4-1/h3*4H,1-3H3;1-3H,(H,4,5);2*1-3H. The zero-order chi connectivity index (χ0) is 21.3. The molecule has 0 atom stereocenters. The van der Waals surface area contributed by atoms with Crippen molar-refractivity contribution in [1.29, 1.82) is 0 Å². The number of rotatable bonds is 0. The van der Waals surface area contributed by atoms with E-state index >= 15 is 0 Å². The highest BCUT2D eigenvalue weighted by Gasteiger charge is 1.69. The van der Waals surface area contributed by atoms with Crippen molar-refractivity contribution in [2.75, 3.05) is 0 Å². The van der Waals surface area contributed by atoms with Crippen LogP contribution in [0.5, 0.6) is 0 Å². The van der Waals surface area contributed by atoms with Crippen LogP contribution in [0.15, 0.2) is 59.1 Å². The summed E-state index contributed by atoms with van der Waals surface area (Å²) in [5.41, 5.74) is 1.79. The summed E-state index contributed by atoms with van der Waals surface area (Å²) < 4.78 is 4.47. The van der Waals surface area contributed by atoms with Crippen LogP contribution in [0, 0.1) is 17.8 Å². The number of aromatic amines is 1. The molecule has 3 heterocycles. The summed E-state index contributed by atoms with van der Waals surface area (Å²) in [6.45, 7) is 19.5. The van der Waals surface area contributed by atoms with Gasteiger partial charge in [-0.05, 0) is 17.8 Å². The third-order valence-corrected chi connectivity index (χ3v) is 1.62. The second-order valence-corrected chi connectivity index (χ2v) is 8.06. The Bertz CT molecular complexity index is 356. The predicted octanol–water partition coefficient (Wildman–Crippen LogP) is 7.21. The molecule has 156 valence electrons. The summed E-state index contributed by atoms with van der Waals surface area (Å²) in [5, 5.41) is 1.93. The van der Waals surface area contributed by atoms with E-state index in [1.54, 1.807) is 48.0 Å². The smallest absolute Gasteiger partial charge is 0.180 e. The van der Waals surface area contributed by atoms with E-state index in [1.165, 1.54) is 12.7 Å². The van der Waals surface area contributed by atoms with Gasteiger partial charge in [0.1, 0.15) is 6.26 Å². The molecule has 0 amide bonds. The Labute approximate surface area is 170 Å². The second kappa shape index (κ2) is 26.3. The van der Waals surface area contributed by atoms with Gasteiger partial charge in [0.05, 0.1) is 18.0 Å². The molecule has 0 bridgehead atoms. The lowest BCUT2D eigenvalue weighted by Crippen LogP contribution is -1.66. The summed E-state index contributed by atoms with van der Waals surface area (Å²) in [6.07, 6.45) is 11.3. The number of nitrogens with zero attached hydrogens (tertiary/aromatic N) is 3. The molecule has 0 aliphatic rings. The van der Waals surface area contributed by atoms with Gasteiger partial charge in [0.25, 0.3) is 0 Å². The summed E-state index contributed by atoms with van der Waals surface area (Å²) >= 11 is 1.60. The molecule has 5 nitrogen and oxygen atoms in total. The highest BCUT2D eigenvalue weighted by molar-refractivity contribution is 7.07. The van der Waals surface area contributed by atoms with Gasteiger partial charge in [0.15, 0.2) is 6.39 Å². The largest absolute Gasteiger partial charge is 0.452 e. The maximum atomic E-state index is 4.47. The molecule has 3 aromatic rings. The first-order valence-electron chi connectivity index (χ1n) is 9.27. The van der Waals surface area contributed by atoms with E-state index in [-0.39, 0.29) is 0 Å². The lowest BCUT2D eigenvalue weighted by atomic mass is 10.3. The van der Waals surface area contributed by atoms with Crippen LogP contribution in [-0.4, -0.2) is 19.9 Å². The Morgan fingerprint density at radius 1 is 0.741 bits per heavy atom. The number of H-pyrrole nitrogens is 1.